The Morgan fingerprint density at radius 3 is 2.37 bits per heavy atom. The highest BCUT2D eigenvalue weighted by Crippen LogP contribution is 2.32. The molecule has 0 bridgehead atoms. The molecule has 4 rings (SSSR count). The Kier molecular flexibility index (Phi) is 4.55. The topological polar surface area (TPSA) is 44.8 Å². The van der Waals surface area contributed by atoms with Crippen LogP contribution >= 0.6 is 0 Å². The highest BCUT2D eigenvalue weighted by Gasteiger charge is 2.29. The number of carbonyl (C=O) groups excluding carboxylic acids is 1. The molecule has 0 radical (unpaired) electrons. The lowest BCUT2D eigenvalue weighted by Gasteiger charge is -2.25. The largest absolute Gasteiger partial charge is 0.485 e. The van der Waals surface area contributed by atoms with Crippen LogP contribution < -0.4 is 14.2 Å². The van der Waals surface area contributed by atoms with E-state index in [0.717, 1.165) is 16.7 Å². The smallest absolute Gasteiger partial charge is 0.356 e. The van der Waals surface area contributed by atoms with Crippen LogP contribution in [0.1, 0.15) is 11.1 Å². The molecule has 3 aromatic rings. The molecule has 27 heavy (non-hydrogen) atoms. The summed E-state index contributed by atoms with van der Waals surface area (Å²) in [4.78, 5) is 12.5. The third kappa shape index (κ3) is 3.65. The molecule has 0 aromatic heterocycles. The van der Waals surface area contributed by atoms with Gasteiger partial charge in [0.05, 0.1) is 0 Å². The van der Waals surface area contributed by atoms with Gasteiger partial charge in [-0.25, -0.2) is 4.79 Å². The van der Waals surface area contributed by atoms with Crippen LogP contribution in [0.25, 0.3) is 11.1 Å². The van der Waals surface area contributed by atoms with Crippen molar-refractivity contribution in [3.63, 3.8) is 0 Å². The number of para-hydroxylation sites is 2. The average molecular weight is 360 g/mol. The monoisotopic (exact) mass is 360 g/mol. The molecule has 136 valence electrons. The lowest BCUT2D eigenvalue weighted by molar-refractivity contribution is -0.144. The summed E-state index contributed by atoms with van der Waals surface area (Å²) in [6.45, 7) is 4.12. The van der Waals surface area contributed by atoms with Gasteiger partial charge < -0.3 is 14.2 Å². The highest BCUT2D eigenvalue weighted by molar-refractivity contribution is 5.79. The summed E-state index contributed by atoms with van der Waals surface area (Å²) in [5, 5.41) is 0. The van der Waals surface area contributed by atoms with E-state index in [1.807, 2.05) is 43.3 Å². The zero-order valence-corrected chi connectivity index (χ0v) is 15.3. The van der Waals surface area contributed by atoms with Gasteiger partial charge in [0.2, 0.25) is 6.10 Å². The maximum absolute atomic E-state index is 12.5. The predicted octanol–water partition coefficient (Wildman–Crippen LogP) is 4.72. The minimum absolute atomic E-state index is 0.135. The number of rotatable bonds is 3. The normalized spacial score (nSPS) is 15.3. The second kappa shape index (κ2) is 7.16. The second-order valence-electron chi connectivity index (χ2n) is 6.63. The summed E-state index contributed by atoms with van der Waals surface area (Å²) in [7, 11) is 0. The van der Waals surface area contributed by atoms with E-state index >= 15 is 0 Å². The van der Waals surface area contributed by atoms with Gasteiger partial charge in [-0.3, -0.25) is 0 Å². The molecule has 4 nitrogen and oxygen atoms in total. The van der Waals surface area contributed by atoms with Crippen LogP contribution in [0.2, 0.25) is 0 Å². The van der Waals surface area contributed by atoms with Crippen molar-refractivity contribution in [1.82, 2.24) is 0 Å². The molecule has 0 saturated carbocycles. The molecule has 1 atom stereocenters. The minimum atomic E-state index is -0.781. The van der Waals surface area contributed by atoms with Crippen molar-refractivity contribution in [2.24, 2.45) is 0 Å². The first-order valence-corrected chi connectivity index (χ1v) is 8.88. The maximum atomic E-state index is 12.5. The summed E-state index contributed by atoms with van der Waals surface area (Å²) in [5.41, 5.74) is 4.32. The number of aryl methyl sites for hydroxylation is 2. The molecule has 3 aromatic carbocycles. The lowest BCUT2D eigenvalue weighted by atomic mass is 10.0. The highest BCUT2D eigenvalue weighted by atomic mass is 16.6. The molecule has 1 aliphatic heterocycles. The Bertz CT molecular complexity index is 976. The van der Waals surface area contributed by atoms with Crippen molar-refractivity contribution in [1.29, 1.82) is 0 Å². The fraction of sp³-hybridized carbons (Fsp3) is 0.174. The average Bonchev–Trinajstić information content (AvgIpc) is 2.69. The predicted molar refractivity (Wildman–Crippen MR) is 103 cm³/mol. The lowest BCUT2D eigenvalue weighted by Crippen LogP contribution is -2.39. The quantitative estimate of drug-likeness (QED) is 0.501. The molecule has 0 amide bonds. The van der Waals surface area contributed by atoms with Crippen LogP contribution in [0.4, 0.5) is 0 Å². The van der Waals surface area contributed by atoms with Gasteiger partial charge >= 0.3 is 5.97 Å². The van der Waals surface area contributed by atoms with Gasteiger partial charge in [0.25, 0.3) is 0 Å². The third-order valence-electron chi connectivity index (χ3n) is 4.54. The molecule has 1 heterocycles. The SMILES string of the molecule is Cc1ccc(-c2ccc(OC(=O)[C@H]3COc4ccccc4O3)c(C)c2)cc1. The van der Waals surface area contributed by atoms with Crippen LogP contribution in [-0.4, -0.2) is 18.7 Å². The number of hydrogen-bond donors (Lipinski definition) is 0. The zero-order chi connectivity index (χ0) is 18.8. The van der Waals surface area contributed by atoms with Crippen molar-refractivity contribution in [2.45, 2.75) is 20.0 Å². The van der Waals surface area contributed by atoms with E-state index in [9.17, 15) is 4.79 Å². The summed E-state index contributed by atoms with van der Waals surface area (Å²) < 4.78 is 16.9. The van der Waals surface area contributed by atoms with Gasteiger partial charge in [-0.15, -0.1) is 0 Å². The second-order valence-corrected chi connectivity index (χ2v) is 6.63. The fourth-order valence-electron chi connectivity index (χ4n) is 3.00. The van der Waals surface area contributed by atoms with Crippen LogP contribution in [0.3, 0.4) is 0 Å². The van der Waals surface area contributed by atoms with Crippen molar-refractivity contribution in [3.8, 4) is 28.4 Å². The third-order valence-corrected chi connectivity index (χ3v) is 4.54. The molecule has 0 saturated heterocycles. The van der Waals surface area contributed by atoms with Crippen molar-refractivity contribution in [3.05, 3.63) is 77.9 Å². The molecule has 0 N–H and O–H groups in total. The summed E-state index contributed by atoms with van der Waals surface area (Å²) in [6, 6.07) is 21.4. The van der Waals surface area contributed by atoms with Gasteiger partial charge in [0.15, 0.2) is 11.5 Å². The number of hydrogen-bond acceptors (Lipinski definition) is 4. The Balaban J connectivity index is 1.48. The van der Waals surface area contributed by atoms with Crippen molar-refractivity contribution >= 4 is 5.97 Å². The summed E-state index contributed by atoms with van der Waals surface area (Å²) in [6.07, 6.45) is -0.781. The first-order chi connectivity index (χ1) is 13.1. The van der Waals surface area contributed by atoms with E-state index < -0.39 is 12.1 Å². The molecule has 0 aliphatic carbocycles. The van der Waals surface area contributed by atoms with E-state index in [1.165, 1.54) is 5.56 Å². The number of ether oxygens (including phenoxy) is 3. The van der Waals surface area contributed by atoms with E-state index in [1.54, 1.807) is 6.07 Å². The first-order valence-electron chi connectivity index (χ1n) is 8.88. The first kappa shape index (κ1) is 17.2. The molecule has 0 fully saturated rings. The van der Waals surface area contributed by atoms with Crippen molar-refractivity contribution < 1.29 is 19.0 Å². The van der Waals surface area contributed by atoms with Crippen LogP contribution in [0.5, 0.6) is 17.2 Å². The summed E-state index contributed by atoms with van der Waals surface area (Å²) >= 11 is 0. The minimum Gasteiger partial charge on any atom is -0.485 e. The Morgan fingerprint density at radius 2 is 1.63 bits per heavy atom. The van der Waals surface area contributed by atoms with Crippen LogP contribution in [0.15, 0.2) is 66.7 Å². The number of esters is 1. The maximum Gasteiger partial charge on any atom is 0.356 e. The number of fused-ring (bicyclic) bond motifs is 1. The Hall–Kier alpha value is -3.27. The van der Waals surface area contributed by atoms with Gasteiger partial charge in [-0.2, -0.15) is 0 Å². The fourth-order valence-corrected chi connectivity index (χ4v) is 3.00. The summed E-state index contributed by atoms with van der Waals surface area (Å²) in [5.74, 6) is 1.26. The molecular formula is C23H20O4. The number of benzene rings is 3. The van der Waals surface area contributed by atoms with Gasteiger partial charge in [0.1, 0.15) is 12.4 Å². The van der Waals surface area contributed by atoms with Gasteiger partial charge in [-0.05, 0) is 54.8 Å². The van der Waals surface area contributed by atoms with Gasteiger partial charge in [-0.1, -0.05) is 48.0 Å². The molecule has 0 spiro atoms. The Labute approximate surface area is 158 Å². The van der Waals surface area contributed by atoms with E-state index in [2.05, 4.69) is 31.2 Å². The molecule has 4 heteroatoms. The Morgan fingerprint density at radius 1 is 0.926 bits per heavy atom. The van der Waals surface area contributed by atoms with E-state index in [0.29, 0.717) is 17.2 Å². The molecule has 1 aliphatic rings. The van der Waals surface area contributed by atoms with Crippen LogP contribution in [-0.2, 0) is 4.79 Å². The number of carbonyl (C=O) groups is 1. The zero-order valence-electron chi connectivity index (χ0n) is 15.3. The van der Waals surface area contributed by atoms with Gasteiger partial charge in [0, 0.05) is 0 Å². The van der Waals surface area contributed by atoms with E-state index in [4.69, 9.17) is 14.2 Å². The van der Waals surface area contributed by atoms with Crippen molar-refractivity contribution in [2.75, 3.05) is 6.61 Å². The molecular weight excluding hydrogens is 340 g/mol. The van der Waals surface area contributed by atoms with Crippen LogP contribution in [0, 0.1) is 13.8 Å². The standard InChI is InChI=1S/C23H20O4/c1-15-7-9-17(10-8-15)18-11-12-19(16(2)13-18)27-23(24)22-14-25-20-5-3-4-6-21(20)26-22/h3-13,22H,14H2,1-2H3/t22-/m1/s1. The molecule has 0 unspecified atom stereocenters. The van der Waals surface area contributed by atoms with E-state index in [-0.39, 0.29) is 6.61 Å².